The fourth-order valence-electron chi connectivity index (χ4n) is 3.54. The van der Waals surface area contributed by atoms with E-state index in [0.717, 1.165) is 12.8 Å². The van der Waals surface area contributed by atoms with Gasteiger partial charge in [0.1, 0.15) is 11.9 Å². The van der Waals surface area contributed by atoms with Gasteiger partial charge >= 0.3 is 0 Å². The van der Waals surface area contributed by atoms with Gasteiger partial charge in [0.15, 0.2) is 5.69 Å². The maximum Gasteiger partial charge on any atom is 0.273 e. The van der Waals surface area contributed by atoms with Crippen molar-refractivity contribution in [3.63, 3.8) is 0 Å². The first-order chi connectivity index (χ1) is 13.2. The second-order valence-electron chi connectivity index (χ2n) is 8.42. The number of fused-ring (bicyclic) bond motifs is 1. The molecule has 1 unspecified atom stereocenters. The highest BCUT2D eigenvalue weighted by atomic mass is 19.1. The topological polar surface area (TPSA) is 99.2 Å². The zero-order valence-electron chi connectivity index (χ0n) is 16.5. The van der Waals surface area contributed by atoms with Crippen LogP contribution in [0.3, 0.4) is 0 Å². The number of hydrogen-bond donors (Lipinski definition) is 2. The molecule has 152 valence electrons. The first kappa shape index (κ1) is 20.3. The molecule has 0 bridgehead atoms. The second kappa shape index (κ2) is 7.87. The molecule has 1 aliphatic rings. The summed E-state index contributed by atoms with van der Waals surface area (Å²) in [6.45, 7) is 7.42. The van der Waals surface area contributed by atoms with Gasteiger partial charge in [-0.2, -0.15) is 5.10 Å². The minimum Gasteiger partial charge on any atom is -0.381 e. The molecule has 0 radical (unpaired) electrons. The van der Waals surface area contributed by atoms with Gasteiger partial charge in [-0.25, -0.2) is 4.39 Å². The summed E-state index contributed by atoms with van der Waals surface area (Å²) >= 11 is 0. The number of nitrogens with zero attached hydrogens (tertiary/aromatic N) is 2. The predicted octanol–water partition coefficient (Wildman–Crippen LogP) is 2.23. The van der Waals surface area contributed by atoms with Crippen LogP contribution < -0.4 is 11.1 Å². The largest absolute Gasteiger partial charge is 0.381 e. The Hall–Kier alpha value is -2.48. The second-order valence-corrected chi connectivity index (χ2v) is 8.42. The SMILES string of the molecule is CC(C)(C)C(NC(=O)c1nn(CC2CCOCC2)c2cc(F)ccc12)C(N)=O. The van der Waals surface area contributed by atoms with E-state index in [4.69, 9.17) is 10.5 Å². The first-order valence-electron chi connectivity index (χ1n) is 9.51. The van der Waals surface area contributed by atoms with Crippen molar-refractivity contribution < 1.29 is 18.7 Å². The van der Waals surface area contributed by atoms with Gasteiger partial charge < -0.3 is 15.8 Å². The van der Waals surface area contributed by atoms with E-state index >= 15 is 0 Å². The number of carbonyl (C=O) groups excluding carboxylic acids is 2. The summed E-state index contributed by atoms with van der Waals surface area (Å²) < 4.78 is 20.9. The number of amides is 2. The highest BCUT2D eigenvalue weighted by Crippen LogP contribution is 2.25. The van der Waals surface area contributed by atoms with Crippen LogP contribution in [0.2, 0.25) is 0 Å². The number of hydrogen-bond acceptors (Lipinski definition) is 4. The number of nitrogens with one attached hydrogen (secondary N) is 1. The minimum atomic E-state index is -0.851. The molecular weight excluding hydrogens is 363 g/mol. The monoisotopic (exact) mass is 390 g/mol. The van der Waals surface area contributed by atoms with Crippen molar-refractivity contribution in [1.82, 2.24) is 15.1 Å². The van der Waals surface area contributed by atoms with Gasteiger partial charge in [-0.05, 0) is 42.4 Å². The van der Waals surface area contributed by atoms with Crippen molar-refractivity contribution >= 4 is 22.7 Å². The van der Waals surface area contributed by atoms with Gasteiger partial charge in [-0.15, -0.1) is 0 Å². The summed E-state index contributed by atoms with van der Waals surface area (Å²) in [5.41, 5.74) is 5.65. The lowest BCUT2D eigenvalue weighted by Gasteiger charge is -2.28. The molecule has 0 saturated carbocycles. The normalized spacial score (nSPS) is 16.9. The molecule has 3 N–H and O–H groups in total. The fourth-order valence-corrected chi connectivity index (χ4v) is 3.54. The van der Waals surface area contributed by atoms with Crippen LogP contribution in [0, 0.1) is 17.2 Å². The van der Waals surface area contributed by atoms with Crippen LogP contribution in [-0.2, 0) is 16.1 Å². The summed E-state index contributed by atoms with van der Waals surface area (Å²) in [5.74, 6) is -1.15. The molecule has 1 aliphatic heterocycles. The summed E-state index contributed by atoms with van der Waals surface area (Å²) in [6.07, 6.45) is 1.79. The quantitative estimate of drug-likeness (QED) is 0.818. The third-order valence-corrected chi connectivity index (χ3v) is 5.13. The third kappa shape index (κ3) is 4.32. The van der Waals surface area contributed by atoms with Gasteiger partial charge in [-0.1, -0.05) is 20.8 Å². The maximum absolute atomic E-state index is 13.9. The summed E-state index contributed by atoms with van der Waals surface area (Å²) in [5, 5.41) is 7.70. The number of rotatable bonds is 5. The van der Waals surface area contributed by atoms with E-state index in [1.54, 1.807) is 10.7 Å². The Morgan fingerprint density at radius 2 is 2.04 bits per heavy atom. The predicted molar refractivity (Wildman–Crippen MR) is 103 cm³/mol. The van der Waals surface area contributed by atoms with E-state index in [0.29, 0.717) is 36.6 Å². The molecule has 2 heterocycles. The average molecular weight is 390 g/mol. The zero-order valence-corrected chi connectivity index (χ0v) is 16.5. The molecule has 1 fully saturated rings. The van der Waals surface area contributed by atoms with E-state index in [2.05, 4.69) is 10.4 Å². The minimum absolute atomic E-state index is 0.164. The molecule has 3 rings (SSSR count). The molecule has 1 atom stereocenters. The fraction of sp³-hybridized carbons (Fsp3) is 0.550. The van der Waals surface area contributed by atoms with Crippen molar-refractivity contribution in [3.05, 3.63) is 29.7 Å². The number of ether oxygens (including phenoxy) is 1. The van der Waals surface area contributed by atoms with Crippen molar-refractivity contribution in [1.29, 1.82) is 0 Å². The molecule has 0 spiro atoms. The number of benzene rings is 1. The van der Waals surface area contributed by atoms with E-state index in [1.807, 2.05) is 20.8 Å². The Labute approximate surface area is 163 Å². The Kier molecular flexibility index (Phi) is 5.69. The van der Waals surface area contributed by atoms with Crippen molar-refractivity contribution in [2.24, 2.45) is 17.1 Å². The zero-order chi connectivity index (χ0) is 20.5. The molecule has 1 saturated heterocycles. The molecule has 28 heavy (non-hydrogen) atoms. The van der Waals surface area contributed by atoms with Crippen LogP contribution in [0.25, 0.3) is 10.9 Å². The van der Waals surface area contributed by atoms with Gasteiger partial charge in [0.25, 0.3) is 5.91 Å². The van der Waals surface area contributed by atoms with Crippen molar-refractivity contribution in [3.8, 4) is 0 Å². The Bertz CT molecular complexity index is 881. The van der Waals surface area contributed by atoms with E-state index < -0.39 is 29.1 Å². The van der Waals surface area contributed by atoms with Crippen LogP contribution >= 0.6 is 0 Å². The van der Waals surface area contributed by atoms with Gasteiger partial charge in [0.2, 0.25) is 5.91 Å². The molecule has 2 amide bonds. The van der Waals surface area contributed by atoms with Gasteiger partial charge in [0, 0.05) is 25.1 Å². The summed E-state index contributed by atoms with van der Waals surface area (Å²) in [6, 6.07) is 3.38. The Balaban J connectivity index is 1.94. The van der Waals surface area contributed by atoms with E-state index in [-0.39, 0.29) is 5.69 Å². The molecule has 8 heteroatoms. The molecule has 7 nitrogen and oxygen atoms in total. The van der Waals surface area contributed by atoms with Crippen LogP contribution in [0.1, 0.15) is 44.1 Å². The number of aromatic nitrogens is 2. The van der Waals surface area contributed by atoms with Crippen LogP contribution in [0.5, 0.6) is 0 Å². The smallest absolute Gasteiger partial charge is 0.273 e. The van der Waals surface area contributed by atoms with E-state index in [9.17, 15) is 14.0 Å². The maximum atomic E-state index is 13.9. The lowest BCUT2D eigenvalue weighted by Crippen LogP contribution is -2.52. The first-order valence-corrected chi connectivity index (χ1v) is 9.51. The lowest BCUT2D eigenvalue weighted by molar-refractivity contribution is -0.122. The van der Waals surface area contributed by atoms with Crippen LogP contribution in [0.15, 0.2) is 18.2 Å². The standard InChI is InChI=1S/C20H27FN4O3/c1-20(2,3)17(18(22)26)23-19(27)16-14-5-4-13(21)10-15(14)25(24-16)11-12-6-8-28-9-7-12/h4-5,10,12,17H,6-9,11H2,1-3H3,(H2,22,26)(H,23,27). The van der Waals surface area contributed by atoms with Gasteiger partial charge in [-0.3, -0.25) is 14.3 Å². The van der Waals surface area contributed by atoms with E-state index in [1.165, 1.54) is 12.1 Å². The Morgan fingerprint density at radius 3 is 2.64 bits per heavy atom. The van der Waals surface area contributed by atoms with Crippen LogP contribution in [0.4, 0.5) is 4.39 Å². The number of halogens is 1. The summed E-state index contributed by atoms with van der Waals surface area (Å²) in [4.78, 5) is 24.7. The molecule has 2 aromatic rings. The highest BCUT2D eigenvalue weighted by Gasteiger charge is 2.32. The number of primary amides is 1. The van der Waals surface area contributed by atoms with Crippen molar-refractivity contribution in [2.75, 3.05) is 13.2 Å². The third-order valence-electron chi connectivity index (χ3n) is 5.13. The lowest BCUT2D eigenvalue weighted by atomic mass is 9.86. The average Bonchev–Trinajstić information content (AvgIpc) is 2.97. The summed E-state index contributed by atoms with van der Waals surface area (Å²) in [7, 11) is 0. The number of nitrogens with two attached hydrogens (primary N) is 1. The number of carbonyl (C=O) groups is 2. The molecular formula is C20H27FN4O3. The van der Waals surface area contributed by atoms with Crippen molar-refractivity contribution in [2.45, 2.75) is 46.2 Å². The molecule has 1 aromatic heterocycles. The highest BCUT2D eigenvalue weighted by molar-refractivity contribution is 6.06. The Morgan fingerprint density at radius 1 is 1.36 bits per heavy atom. The van der Waals surface area contributed by atoms with Gasteiger partial charge in [0.05, 0.1) is 5.52 Å². The molecule has 0 aliphatic carbocycles. The van der Waals surface area contributed by atoms with Crippen LogP contribution in [-0.4, -0.2) is 40.9 Å². The molecule has 1 aromatic carbocycles.